The van der Waals surface area contributed by atoms with Gasteiger partial charge in [0.1, 0.15) is 0 Å². The van der Waals surface area contributed by atoms with Crippen LogP contribution < -0.4 is 0 Å². The van der Waals surface area contributed by atoms with Crippen molar-refractivity contribution in [3.63, 3.8) is 0 Å². The van der Waals surface area contributed by atoms with E-state index in [-0.39, 0.29) is 17.6 Å². The molecule has 1 aliphatic carbocycles. The summed E-state index contributed by atoms with van der Waals surface area (Å²) in [6.45, 7) is 7.32. The second kappa shape index (κ2) is 6.67. The van der Waals surface area contributed by atoms with Crippen LogP contribution in [0.25, 0.3) is 0 Å². The standard InChI is InChI=1S/C18H27NO3/c1-13-10-14-15(11-18(2,3)12-16(14)20)19(13)9-7-5-4-6-8-17(21)22/h10H,4-9,11-12H2,1-3H3,(H,21,22). The van der Waals surface area contributed by atoms with Crippen LogP contribution in [0.5, 0.6) is 0 Å². The van der Waals surface area contributed by atoms with Gasteiger partial charge in [-0.3, -0.25) is 9.59 Å². The molecule has 0 aliphatic heterocycles. The molecule has 4 nitrogen and oxygen atoms in total. The second-order valence-corrected chi connectivity index (χ2v) is 7.30. The Morgan fingerprint density at radius 1 is 1.23 bits per heavy atom. The van der Waals surface area contributed by atoms with Gasteiger partial charge in [0.05, 0.1) is 0 Å². The molecule has 1 N–H and O–H groups in total. The maximum atomic E-state index is 12.3. The average molecular weight is 305 g/mol. The third-order valence-electron chi connectivity index (χ3n) is 4.52. The number of hydrogen-bond acceptors (Lipinski definition) is 2. The minimum Gasteiger partial charge on any atom is -0.481 e. The van der Waals surface area contributed by atoms with E-state index in [4.69, 9.17) is 5.11 Å². The molecular weight excluding hydrogens is 278 g/mol. The molecule has 1 heterocycles. The second-order valence-electron chi connectivity index (χ2n) is 7.30. The SMILES string of the molecule is Cc1cc2c(n1CCCCCCC(=O)O)CC(C)(C)CC2=O. The maximum Gasteiger partial charge on any atom is 0.303 e. The topological polar surface area (TPSA) is 59.3 Å². The summed E-state index contributed by atoms with van der Waals surface area (Å²) in [5.74, 6) is -0.439. The molecule has 0 atom stereocenters. The van der Waals surface area contributed by atoms with E-state index in [0.717, 1.165) is 44.2 Å². The molecule has 22 heavy (non-hydrogen) atoms. The Bertz CT molecular complexity index is 569. The largest absolute Gasteiger partial charge is 0.481 e. The van der Waals surface area contributed by atoms with E-state index in [1.807, 2.05) is 6.07 Å². The van der Waals surface area contributed by atoms with Crippen LogP contribution in [0.3, 0.4) is 0 Å². The number of rotatable bonds is 7. The molecule has 0 amide bonds. The normalized spacial score (nSPS) is 16.6. The Morgan fingerprint density at radius 3 is 2.59 bits per heavy atom. The number of hydrogen-bond donors (Lipinski definition) is 1. The first-order valence-corrected chi connectivity index (χ1v) is 8.24. The fourth-order valence-electron chi connectivity index (χ4n) is 3.42. The van der Waals surface area contributed by atoms with Gasteiger partial charge in [0.25, 0.3) is 0 Å². The third kappa shape index (κ3) is 3.99. The molecule has 0 saturated carbocycles. The van der Waals surface area contributed by atoms with Gasteiger partial charge in [0.2, 0.25) is 0 Å². The number of aryl methyl sites for hydroxylation is 1. The van der Waals surface area contributed by atoms with Gasteiger partial charge in [-0.15, -0.1) is 0 Å². The summed E-state index contributed by atoms with van der Waals surface area (Å²) in [5.41, 5.74) is 3.34. The van der Waals surface area contributed by atoms with Crippen LogP contribution in [0.2, 0.25) is 0 Å². The van der Waals surface area contributed by atoms with Crippen molar-refractivity contribution in [2.24, 2.45) is 5.41 Å². The highest BCUT2D eigenvalue weighted by molar-refractivity contribution is 5.99. The van der Waals surface area contributed by atoms with Gasteiger partial charge in [-0.05, 0) is 37.7 Å². The third-order valence-corrected chi connectivity index (χ3v) is 4.52. The van der Waals surface area contributed by atoms with Crippen LogP contribution in [0.4, 0.5) is 0 Å². The molecule has 0 aromatic carbocycles. The number of unbranched alkanes of at least 4 members (excludes halogenated alkanes) is 3. The van der Waals surface area contributed by atoms with E-state index in [0.29, 0.717) is 6.42 Å². The number of Topliss-reactive ketones (excluding diaryl/α,β-unsaturated/α-hetero) is 1. The fraction of sp³-hybridized carbons (Fsp3) is 0.667. The Balaban J connectivity index is 1.95. The summed E-state index contributed by atoms with van der Waals surface area (Å²) in [7, 11) is 0. The van der Waals surface area contributed by atoms with Gasteiger partial charge < -0.3 is 9.67 Å². The number of aliphatic carboxylic acids is 1. The summed E-state index contributed by atoms with van der Waals surface area (Å²) < 4.78 is 2.30. The van der Waals surface area contributed by atoms with Crippen molar-refractivity contribution >= 4 is 11.8 Å². The molecule has 122 valence electrons. The summed E-state index contributed by atoms with van der Waals surface area (Å²) >= 11 is 0. The highest BCUT2D eigenvalue weighted by atomic mass is 16.4. The highest BCUT2D eigenvalue weighted by Crippen LogP contribution is 2.36. The molecular formula is C18H27NO3. The number of nitrogens with zero attached hydrogens (tertiary/aromatic N) is 1. The highest BCUT2D eigenvalue weighted by Gasteiger charge is 2.33. The maximum absolute atomic E-state index is 12.3. The molecule has 2 rings (SSSR count). The van der Waals surface area contributed by atoms with Crippen molar-refractivity contribution in [3.8, 4) is 0 Å². The van der Waals surface area contributed by atoms with Gasteiger partial charge in [-0.2, -0.15) is 0 Å². The molecule has 0 unspecified atom stereocenters. The lowest BCUT2D eigenvalue weighted by molar-refractivity contribution is -0.137. The Labute approximate surface area is 132 Å². The Kier molecular flexibility index (Phi) is 5.09. The van der Waals surface area contributed by atoms with Crippen molar-refractivity contribution in [2.45, 2.75) is 72.3 Å². The first kappa shape index (κ1) is 16.8. The Morgan fingerprint density at radius 2 is 1.91 bits per heavy atom. The molecule has 0 bridgehead atoms. The predicted molar refractivity (Wildman–Crippen MR) is 86.3 cm³/mol. The quantitative estimate of drug-likeness (QED) is 0.775. The molecule has 0 saturated heterocycles. The van der Waals surface area contributed by atoms with E-state index in [1.165, 1.54) is 11.4 Å². The number of carbonyl (C=O) groups is 2. The zero-order chi connectivity index (χ0) is 16.3. The minimum atomic E-state index is -0.712. The summed E-state index contributed by atoms with van der Waals surface area (Å²) in [6.07, 6.45) is 5.65. The predicted octanol–water partition coefficient (Wildman–Crippen LogP) is 3.99. The van der Waals surface area contributed by atoms with Crippen LogP contribution in [0, 0.1) is 12.3 Å². The van der Waals surface area contributed by atoms with Crippen LogP contribution in [-0.2, 0) is 17.8 Å². The summed E-state index contributed by atoms with van der Waals surface area (Å²) in [4.78, 5) is 22.8. The molecule has 1 aromatic rings. The van der Waals surface area contributed by atoms with E-state index >= 15 is 0 Å². The number of carboxylic acid groups (broad SMARTS) is 1. The van der Waals surface area contributed by atoms with Gasteiger partial charge in [0.15, 0.2) is 5.78 Å². The first-order valence-electron chi connectivity index (χ1n) is 8.24. The number of ketones is 1. The molecule has 4 heteroatoms. The van der Waals surface area contributed by atoms with Crippen molar-refractivity contribution in [3.05, 3.63) is 23.0 Å². The van der Waals surface area contributed by atoms with Crippen molar-refractivity contribution in [2.75, 3.05) is 0 Å². The van der Waals surface area contributed by atoms with Crippen molar-refractivity contribution in [1.29, 1.82) is 0 Å². The molecule has 0 fully saturated rings. The van der Waals surface area contributed by atoms with Crippen LogP contribution in [0.15, 0.2) is 6.07 Å². The Hall–Kier alpha value is -1.58. The van der Waals surface area contributed by atoms with E-state index in [1.54, 1.807) is 0 Å². The smallest absolute Gasteiger partial charge is 0.303 e. The average Bonchev–Trinajstić information content (AvgIpc) is 2.69. The number of aromatic nitrogens is 1. The van der Waals surface area contributed by atoms with E-state index < -0.39 is 5.97 Å². The zero-order valence-corrected chi connectivity index (χ0v) is 13.9. The number of carboxylic acids is 1. The van der Waals surface area contributed by atoms with Crippen molar-refractivity contribution < 1.29 is 14.7 Å². The monoisotopic (exact) mass is 305 g/mol. The van der Waals surface area contributed by atoms with Crippen molar-refractivity contribution in [1.82, 2.24) is 4.57 Å². The lowest BCUT2D eigenvalue weighted by Crippen LogP contribution is -2.28. The zero-order valence-electron chi connectivity index (χ0n) is 13.9. The van der Waals surface area contributed by atoms with Gasteiger partial charge in [0, 0.05) is 36.3 Å². The minimum absolute atomic E-state index is 0.0497. The molecule has 1 aromatic heterocycles. The lowest BCUT2D eigenvalue weighted by atomic mass is 9.76. The van der Waals surface area contributed by atoms with Crippen LogP contribution in [0.1, 0.15) is 74.1 Å². The van der Waals surface area contributed by atoms with Crippen LogP contribution in [-0.4, -0.2) is 21.4 Å². The lowest BCUT2D eigenvalue weighted by Gasteiger charge is -2.30. The fourth-order valence-corrected chi connectivity index (χ4v) is 3.42. The van der Waals surface area contributed by atoms with Gasteiger partial charge >= 0.3 is 5.97 Å². The number of carbonyl (C=O) groups excluding carboxylic acids is 1. The summed E-state index contributed by atoms with van der Waals surface area (Å²) in [6, 6.07) is 2.04. The van der Waals surface area contributed by atoms with E-state index in [2.05, 4.69) is 25.3 Å². The summed E-state index contributed by atoms with van der Waals surface area (Å²) in [5, 5.41) is 8.63. The number of fused-ring (bicyclic) bond motifs is 1. The molecule has 0 spiro atoms. The van der Waals surface area contributed by atoms with Crippen LogP contribution >= 0.6 is 0 Å². The molecule has 0 radical (unpaired) electrons. The van der Waals surface area contributed by atoms with Gasteiger partial charge in [-0.25, -0.2) is 0 Å². The van der Waals surface area contributed by atoms with Gasteiger partial charge in [-0.1, -0.05) is 26.7 Å². The van der Waals surface area contributed by atoms with E-state index in [9.17, 15) is 9.59 Å². The molecule has 1 aliphatic rings. The first-order chi connectivity index (χ1) is 10.3.